The van der Waals surface area contributed by atoms with Crippen LogP contribution in [0.25, 0.3) is 0 Å². The Balaban J connectivity index is 0.00000264. The predicted molar refractivity (Wildman–Crippen MR) is 102 cm³/mol. The van der Waals surface area contributed by atoms with Gasteiger partial charge in [0.05, 0.1) is 0 Å². The van der Waals surface area contributed by atoms with Crippen LogP contribution in [0.2, 0.25) is 0 Å². The van der Waals surface area contributed by atoms with E-state index < -0.39 is 0 Å². The van der Waals surface area contributed by atoms with Crippen LogP contribution in [0, 0.1) is 0 Å². The van der Waals surface area contributed by atoms with Crippen LogP contribution in [0.3, 0.4) is 0 Å². The summed E-state index contributed by atoms with van der Waals surface area (Å²) < 4.78 is 0. The highest BCUT2D eigenvalue weighted by Gasteiger charge is 2.25. The zero-order valence-electron chi connectivity index (χ0n) is 15.7. The topological polar surface area (TPSA) is 23.5 Å². The van der Waals surface area contributed by atoms with E-state index >= 15 is 0 Å². The van der Waals surface area contributed by atoms with Gasteiger partial charge in [0.15, 0.2) is 0 Å². The molecule has 23 heavy (non-hydrogen) atoms. The molecule has 1 fully saturated rings. The first-order chi connectivity index (χ1) is 10.1. The quantitative estimate of drug-likeness (QED) is 0.780. The lowest BCUT2D eigenvalue weighted by Crippen LogP contribution is -2.29. The standard InChI is InChI=1S/C20H33NO.ClH/c1-19(2,3)16-12-15(14-21-10-8-7-9-11-21)18(22)17(13-16)20(4,5)6;/h12-13,22H,7-11,14H2,1-6H3;1H. The van der Waals surface area contributed by atoms with Crippen molar-refractivity contribution in [3.8, 4) is 5.75 Å². The Hall–Kier alpha value is -0.730. The lowest BCUT2D eigenvalue weighted by Gasteiger charge is -2.30. The molecule has 1 aliphatic rings. The van der Waals surface area contributed by atoms with Gasteiger partial charge in [0.1, 0.15) is 5.75 Å². The van der Waals surface area contributed by atoms with Crippen molar-refractivity contribution in [2.24, 2.45) is 0 Å². The molecule has 0 radical (unpaired) electrons. The Labute approximate surface area is 148 Å². The van der Waals surface area contributed by atoms with Gasteiger partial charge in [-0.2, -0.15) is 0 Å². The zero-order valence-corrected chi connectivity index (χ0v) is 16.5. The number of hydrogen-bond donors (Lipinski definition) is 1. The fourth-order valence-electron chi connectivity index (χ4n) is 3.18. The number of aromatic hydroxyl groups is 1. The number of likely N-dealkylation sites (tertiary alicyclic amines) is 1. The molecule has 0 aromatic heterocycles. The molecular formula is C20H34ClNO. The van der Waals surface area contributed by atoms with Gasteiger partial charge in [0.25, 0.3) is 0 Å². The predicted octanol–water partition coefficient (Wildman–Crippen LogP) is 5.39. The molecule has 0 aliphatic carbocycles. The molecule has 2 rings (SSSR count). The molecule has 0 atom stereocenters. The van der Waals surface area contributed by atoms with Crippen molar-refractivity contribution in [3.05, 3.63) is 28.8 Å². The summed E-state index contributed by atoms with van der Waals surface area (Å²) >= 11 is 0. The second-order valence-corrected chi connectivity index (χ2v) is 8.87. The van der Waals surface area contributed by atoms with Crippen LogP contribution in [0.1, 0.15) is 77.5 Å². The van der Waals surface area contributed by atoms with Crippen molar-refractivity contribution >= 4 is 12.4 Å². The monoisotopic (exact) mass is 339 g/mol. The van der Waals surface area contributed by atoms with Crippen molar-refractivity contribution in [1.29, 1.82) is 0 Å². The summed E-state index contributed by atoms with van der Waals surface area (Å²) in [5.74, 6) is 0.506. The van der Waals surface area contributed by atoms with E-state index in [1.54, 1.807) is 0 Å². The van der Waals surface area contributed by atoms with Crippen LogP contribution in [0.4, 0.5) is 0 Å². The summed E-state index contributed by atoms with van der Waals surface area (Å²) in [6.07, 6.45) is 3.91. The number of phenols is 1. The zero-order chi connectivity index (χ0) is 16.5. The van der Waals surface area contributed by atoms with Gasteiger partial charge in [-0.1, -0.05) is 60.1 Å². The SMILES string of the molecule is CC(C)(C)c1cc(CN2CCCCC2)c(O)c(C(C)(C)C)c1.Cl. The van der Waals surface area contributed by atoms with Crippen molar-refractivity contribution in [1.82, 2.24) is 4.90 Å². The second-order valence-electron chi connectivity index (χ2n) is 8.87. The smallest absolute Gasteiger partial charge is 0.123 e. The van der Waals surface area contributed by atoms with Gasteiger partial charge >= 0.3 is 0 Å². The van der Waals surface area contributed by atoms with Gasteiger partial charge < -0.3 is 5.11 Å². The number of halogens is 1. The first-order valence-electron chi connectivity index (χ1n) is 8.68. The normalized spacial score (nSPS) is 17.0. The van der Waals surface area contributed by atoms with E-state index in [1.807, 2.05) is 0 Å². The molecular weight excluding hydrogens is 306 g/mol. The summed E-state index contributed by atoms with van der Waals surface area (Å²) in [6, 6.07) is 4.42. The van der Waals surface area contributed by atoms with Crippen molar-refractivity contribution < 1.29 is 5.11 Å². The summed E-state index contributed by atoms with van der Waals surface area (Å²) in [6.45, 7) is 16.5. The van der Waals surface area contributed by atoms with E-state index in [2.05, 4.69) is 58.6 Å². The third-order valence-electron chi connectivity index (χ3n) is 4.71. The van der Waals surface area contributed by atoms with Gasteiger partial charge in [-0.05, 0) is 47.9 Å². The summed E-state index contributed by atoms with van der Waals surface area (Å²) in [4.78, 5) is 2.48. The third kappa shape index (κ3) is 5.12. The third-order valence-corrected chi connectivity index (χ3v) is 4.71. The fourth-order valence-corrected chi connectivity index (χ4v) is 3.18. The van der Waals surface area contributed by atoms with Crippen molar-refractivity contribution in [3.63, 3.8) is 0 Å². The molecule has 0 unspecified atom stereocenters. The highest BCUT2D eigenvalue weighted by molar-refractivity contribution is 5.85. The van der Waals surface area contributed by atoms with Crippen LogP contribution in [-0.2, 0) is 17.4 Å². The minimum Gasteiger partial charge on any atom is -0.507 e. The van der Waals surface area contributed by atoms with Crippen molar-refractivity contribution in [2.45, 2.75) is 78.2 Å². The Morgan fingerprint density at radius 3 is 1.96 bits per heavy atom. The van der Waals surface area contributed by atoms with Gasteiger partial charge in [0.2, 0.25) is 0 Å². The number of benzene rings is 1. The Morgan fingerprint density at radius 2 is 1.48 bits per heavy atom. The van der Waals surface area contributed by atoms with Gasteiger partial charge in [-0.15, -0.1) is 12.4 Å². The Bertz CT molecular complexity index is 520. The van der Waals surface area contributed by atoms with E-state index in [0.29, 0.717) is 5.75 Å². The van der Waals surface area contributed by atoms with Crippen LogP contribution in [0.5, 0.6) is 5.75 Å². The molecule has 0 spiro atoms. The minimum atomic E-state index is -0.0397. The van der Waals surface area contributed by atoms with E-state index in [1.165, 1.54) is 24.8 Å². The van der Waals surface area contributed by atoms with E-state index in [9.17, 15) is 5.11 Å². The van der Waals surface area contributed by atoms with E-state index in [0.717, 1.165) is 30.8 Å². The molecule has 2 nitrogen and oxygen atoms in total. The summed E-state index contributed by atoms with van der Waals surface area (Å²) in [7, 11) is 0. The molecule has 0 bridgehead atoms. The summed E-state index contributed by atoms with van der Waals surface area (Å²) in [5.41, 5.74) is 3.56. The van der Waals surface area contributed by atoms with Crippen LogP contribution in [-0.4, -0.2) is 23.1 Å². The van der Waals surface area contributed by atoms with E-state index in [-0.39, 0.29) is 23.2 Å². The lowest BCUT2D eigenvalue weighted by molar-refractivity contribution is 0.218. The largest absolute Gasteiger partial charge is 0.507 e. The van der Waals surface area contributed by atoms with Gasteiger partial charge in [-0.25, -0.2) is 0 Å². The molecule has 1 N–H and O–H groups in total. The van der Waals surface area contributed by atoms with E-state index in [4.69, 9.17) is 0 Å². The lowest BCUT2D eigenvalue weighted by atomic mass is 9.79. The number of hydrogen-bond acceptors (Lipinski definition) is 2. The first-order valence-corrected chi connectivity index (χ1v) is 8.68. The molecule has 1 heterocycles. The molecule has 1 aliphatic heterocycles. The number of rotatable bonds is 2. The molecule has 0 amide bonds. The Morgan fingerprint density at radius 1 is 0.913 bits per heavy atom. The van der Waals surface area contributed by atoms with Crippen LogP contribution in [0.15, 0.2) is 12.1 Å². The number of piperidine rings is 1. The molecule has 1 saturated heterocycles. The molecule has 1 aromatic rings. The van der Waals surface area contributed by atoms with Crippen LogP contribution < -0.4 is 0 Å². The van der Waals surface area contributed by atoms with Gasteiger partial charge in [-0.3, -0.25) is 4.90 Å². The maximum atomic E-state index is 10.8. The highest BCUT2D eigenvalue weighted by Crippen LogP contribution is 2.38. The average Bonchev–Trinajstić information content (AvgIpc) is 2.39. The number of phenolic OH excluding ortho intramolecular Hbond substituents is 1. The van der Waals surface area contributed by atoms with Crippen LogP contribution >= 0.6 is 12.4 Å². The maximum absolute atomic E-state index is 10.8. The Kier molecular flexibility index (Phi) is 6.57. The fraction of sp³-hybridized carbons (Fsp3) is 0.700. The highest BCUT2D eigenvalue weighted by atomic mass is 35.5. The molecule has 1 aromatic carbocycles. The number of nitrogens with zero attached hydrogens (tertiary/aromatic N) is 1. The molecule has 3 heteroatoms. The second kappa shape index (κ2) is 7.44. The van der Waals surface area contributed by atoms with Gasteiger partial charge in [0, 0.05) is 12.1 Å². The maximum Gasteiger partial charge on any atom is 0.123 e. The molecule has 0 saturated carbocycles. The summed E-state index contributed by atoms with van der Waals surface area (Å²) in [5, 5.41) is 10.8. The first kappa shape index (κ1) is 20.3. The average molecular weight is 340 g/mol. The van der Waals surface area contributed by atoms with Crippen molar-refractivity contribution in [2.75, 3.05) is 13.1 Å². The minimum absolute atomic E-state index is 0. The molecule has 132 valence electrons.